The van der Waals surface area contributed by atoms with Crippen LogP contribution in [-0.2, 0) is 17.9 Å². The number of carbonyl (C=O) groups excluding carboxylic acids is 1. The van der Waals surface area contributed by atoms with Gasteiger partial charge in [0.25, 0.3) is 5.91 Å². The first-order valence-corrected chi connectivity index (χ1v) is 10.6. The highest BCUT2D eigenvalue weighted by Crippen LogP contribution is 2.23. The van der Waals surface area contributed by atoms with Gasteiger partial charge in [-0.3, -0.25) is 4.79 Å². The number of amides is 1. The minimum absolute atomic E-state index is 0.142. The number of hydrogen-bond acceptors (Lipinski definition) is 5. The van der Waals surface area contributed by atoms with Crippen molar-refractivity contribution < 1.29 is 9.53 Å². The Morgan fingerprint density at radius 3 is 2.56 bits per heavy atom. The Labute approximate surface area is 166 Å². The molecule has 1 N–H and O–H groups in total. The molecule has 0 saturated heterocycles. The first-order valence-electron chi connectivity index (χ1n) is 9.33. The van der Waals surface area contributed by atoms with Crippen molar-refractivity contribution in [2.75, 3.05) is 12.9 Å². The topological polar surface area (TPSA) is 64.1 Å². The summed E-state index contributed by atoms with van der Waals surface area (Å²) in [5.74, 6) is 0.852. The van der Waals surface area contributed by atoms with Crippen LogP contribution in [0, 0.1) is 6.92 Å². The van der Waals surface area contributed by atoms with E-state index in [2.05, 4.69) is 36.1 Å². The first-order chi connectivity index (χ1) is 13.0. The Morgan fingerprint density at radius 2 is 1.93 bits per heavy atom. The molecule has 0 atom stereocenters. The third-order valence-electron chi connectivity index (χ3n) is 4.17. The fourth-order valence-electron chi connectivity index (χ4n) is 2.70. The molecule has 1 aromatic heterocycles. The molecule has 1 amide bonds. The van der Waals surface area contributed by atoms with E-state index >= 15 is 0 Å². The number of carbonyl (C=O) groups is 1. The second kappa shape index (κ2) is 10.4. The van der Waals surface area contributed by atoms with Gasteiger partial charge >= 0.3 is 0 Å². The second-order valence-corrected chi connectivity index (χ2v) is 7.51. The maximum Gasteiger partial charge on any atom is 0.256 e. The maximum absolute atomic E-state index is 12.8. The molecule has 6 heteroatoms. The van der Waals surface area contributed by atoms with Crippen molar-refractivity contribution in [1.29, 1.82) is 0 Å². The third-order valence-corrected chi connectivity index (χ3v) is 4.86. The van der Waals surface area contributed by atoms with Gasteiger partial charge in [-0.2, -0.15) is 0 Å². The Bertz CT molecular complexity index is 778. The van der Waals surface area contributed by atoms with Crippen LogP contribution in [0.3, 0.4) is 0 Å². The summed E-state index contributed by atoms with van der Waals surface area (Å²) < 4.78 is 5.66. The summed E-state index contributed by atoms with van der Waals surface area (Å²) in [4.78, 5) is 21.9. The minimum Gasteiger partial charge on any atom is -0.377 e. The van der Waals surface area contributed by atoms with Crippen LogP contribution < -0.4 is 5.32 Å². The molecule has 0 aliphatic heterocycles. The van der Waals surface area contributed by atoms with E-state index in [0.717, 1.165) is 40.7 Å². The Balaban J connectivity index is 2.15. The molecule has 27 heavy (non-hydrogen) atoms. The summed E-state index contributed by atoms with van der Waals surface area (Å²) in [6, 6.07) is 8.02. The van der Waals surface area contributed by atoms with Crippen molar-refractivity contribution in [1.82, 2.24) is 15.3 Å². The quantitative estimate of drug-likeness (QED) is 0.390. The van der Waals surface area contributed by atoms with Crippen molar-refractivity contribution in [2.45, 2.75) is 58.2 Å². The number of nitrogens with one attached hydrogen (secondary N) is 1. The number of rotatable bonds is 9. The van der Waals surface area contributed by atoms with Crippen LogP contribution in [0.1, 0.15) is 66.1 Å². The van der Waals surface area contributed by atoms with Crippen molar-refractivity contribution in [3.05, 3.63) is 52.5 Å². The van der Waals surface area contributed by atoms with E-state index in [-0.39, 0.29) is 11.8 Å². The molecule has 0 saturated carbocycles. The molecule has 0 bridgehead atoms. The van der Waals surface area contributed by atoms with Crippen molar-refractivity contribution >= 4 is 17.7 Å². The van der Waals surface area contributed by atoms with E-state index in [1.54, 1.807) is 0 Å². The van der Waals surface area contributed by atoms with E-state index in [0.29, 0.717) is 18.7 Å². The van der Waals surface area contributed by atoms with Crippen LogP contribution in [-0.4, -0.2) is 28.7 Å². The highest BCUT2D eigenvalue weighted by atomic mass is 32.2. The van der Waals surface area contributed by atoms with Gasteiger partial charge in [0.15, 0.2) is 0 Å². The number of aryl methyl sites for hydroxylation is 1. The fourth-order valence-corrected chi connectivity index (χ4v) is 3.33. The lowest BCUT2D eigenvalue weighted by Gasteiger charge is -2.15. The molecule has 0 spiro atoms. The lowest BCUT2D eigenvalue weighted by molar-refractivity contribution is 0.0944. The summed E-state index contributed by atoms with van der Waals surface area (Å²) in [5, 5.41) is 3.75. The standard InChI is InChI=1S/C21H29N3O2S/c1-6-11-26-13-17-10-8-7-9-16(17)12-22-20(25)18-15(4)23-19(14(2)3)24-21(18)27-5/h7-10,14H,6,11-13H2,1-5H3,(H,22,25). The van der Waals surface area contributed by atoms with Crippen molar-refractivity contribution in [3.8, 4) is 0 Å². The minimum atomic E-state index is -0.142. The molecular formula is C21H29N3O2S. The van der Waals surface area contributed by atoms with E-state index < -0.39 is 0 Å². The summed E-state index contributed by atoms with van der Waals surface area (Å²) in [7, 11) is 0. The first kappa shape index (κ1) is 21.4. The van der Waals surface area contributed by atoms with E-state index in [1.807, 2.05) is 37.4 Å². The molecule has 0 fully saturated rings. The molecule has 146 valence electrons. The molecule has 0 radical (unpaired) electrons. The number of hydrogen-bond donors (Lipinski definition) is 1. The monoisotopic (exact) mass is 387 g/mol. The molecule has 2 aromatic rings. The zero-order valence-corrected chi connectivity index (χ0v) is 17.7. The zero-order chi connectivity index (χ0) is 19.8. The summed E-state index contributed by atoms with van der Waals surface area (Å²) >= 11 is 1.48. The summed E-state index contributed by atoms with van der Waals surface area (Å²) in [6.07, 6.45) is 2.92. The second-order valence-electron chi connectivity index (χ2n) is 6.71. The molecule has 1 heterocycles. The predicted molar refractivity (Wildman–Crippen MR) is 110 cm³/mol. The van der Waals surface area contributed by atoms with Crippen LogP contribution in [0.4, 0.5) is 0 Å². The maximum atomic E-state index is 12.8. The van der Waals surface area contributed by atoms with E-state index in [1.165, 1.54) is 11.8 Å². The molecule has 0 aliphatic carbocycles. The number of benzene rings is 1. The summed E-state index contributed by atoms with van der Waals surface area (Å²) in [5.41, 5.74) is 3.44. The Kier molecular flexibility index (Phi) is 8.25. The van der Waals surface area contributed by atoms with Gasteiger partial charge < -0.3 is 10.1 Å². The van der Waals surface area contributed by atoms with Crippen LogP contribution in [0.25, 0.3) is 0 Å². The molecule has 0 unspecified atom stereocenters. The molecule has 1 aromatic carbocycles. The number of ether oxygens (including phenoxy) is 1. The average Bonchev–Trinajstić information content (AvgIpc) is 2.66. The van der Waals surface area contributed by atoms with Gasteiger partial charge in [0.1, 0.15) is 10.9 Å². The van der Waals surface area contributed by atoms with Crippen LogP contribution >= 0.6 is 11.8 Å². The van der Waals surface area contributed by atoms with Crippen LogP contribution in [0.2, 0.25) is 0 Å². The molecule has 5 nitrogen and oxygen atoms in total. The molecule has 0 aliphatic rings. The number of thioether (sulfide) groups is 1. The summed E-state index contributed by atoms with van der Waals surface area (Å²) in [6.45, 7) is 9.80. The Hall–Kier alpha value is -1.92. The van der Waals surface area contributed by atoms with Gasteiger partial charge in [-0.05, 0) is 30.7 Å². The van der Waals surface area contributed by atoms with E-state index in [4.69, 9.17) is 4.74 Å². The molecular weight excluding hydrogens is 358 g/mol. The number of nitrogens with zero attached hydrogens (tertiary/aromatic N) is 2. The third kappa shape index (κ3) is 5.78. The van der Waals surface area contributed by atoms with Crippen LogP contribution in [0.5, 0.6) is 0 Å². The highest BCUT2D eigenvalue weighted by Gasteiger charge is 2.19. The van der Waals surface area contributed by atoms with Crippen molar-refractivity contribution in [3.63, 3.8) is 0 Å². The van der Waals surface area contributed by atoms with Gasteiger partial charge in [0.2, 0.25) is 0 Å². The van der Waals surface area contributed by atoms with E-state index in [9.17, 15) is 4.79 Å². The Morgan fingerprint density at radius 1 is 1.22 bits per heavy atom. The van der Waals surface area contributed by atoms with Gasteiger partial charge in [0.05, 0.1) is 17.9 Å². The fraction of sp³-hybridized carbons (Fsp3) is 0.476. The lowest BCUT2D eigenvalue weighted by Crippen LogP contribution is -2.26. The lowest BCUT2D eigenvalue weighted by atomic mass is 10.1. The van der Waals surface area contributed by atoms with Gasteiger partial charge in [-0.15, -0.1) is 11.8 Å². The largest absolute Gasteiger partial charge is 0.377 e. The van der Waals surface area contributed by atoms with Crippen LogP contribution in [0.15, 0.2) is 29.3 Å². The average molecular weight is 388 g/mol. The molecule has 2 rings (SSSR count). The van der Waals surface area contributed by atoms with Gasteiger partial charge in [0, 0.05) is 19.1 Å². The SMILES string of the molecule is CCCOCc1ccccc1CNC(=O)c1c(C)nc(C(C)C)nc1SC. The smallest absolute Gasteiger partial charge is 0.256 e. The normalized spacial score (nSPS) is 11.0. The van der Waals surface area contributed by atoms with Crippen molar-refractivity contribution in [2.24, 2.45) is 0 Å². The highest BCUT2D eigenvalue weighted by molar-refractivity contribution is 7.98. The van der Waals surface area contributed by atoms with Gasteiger partial charge in [-0.1, -0.05) is 45.0 Å². The predicted octanol–water partition coefficient (Wildman–Crippen LogP) is 4.49. The zero-order valence-electron chi connectivity index (χ0n) is 16.8. The van der Waals surface area contributed by atoms with Gasteiger partial charge in [-0.25, -0.2) is 9.97 Å². The number of aromatic nitrogens is 2.